The number of hydrogen-bond acceptors (Lipinski definition) is 2. The molecule has 1 heterocycles. The molecule has 1 aliphatic rings. The summed E-state index contributed by atoms with van der Waals surface area (Å²) in [5, 5.41) is 0. The summed E-state index contributed by atoms with van der Waals surface area (Å²) in [5.74, 6) is -0.389. The highest BCUT2D eigenvalue weighted by Crippen LogP contribution is 2.47. The van der Waals surface area contributed by atoms with Gasteiger partial charge in [-0.3, -0.25) is 14.5 Å². The summed E-state index contributed by atoms with van der Waals surface area (Å²) in [5.41, 5.74) is -0.344. The van der Waals surface area contributed by atoms with E-state index in [1.54, 1.807) is 0 Å². The highest BCUT2D eigenvalue weighted by molar-refractivity contribution is 6.05. The first-order chi connectivity index (χ1) is 7.51. The Balaban J connectivity index is 3.25. The van der Waals surface area contributed by atoms with Crippen molar-refractivity contribution in [2.45, 2.75) is 48.5 Å². The first-order valence-electron chi connectivity index (χ1n) is 6.37. The second kappa shape index (κ2) is 4.11. The lowest BCUT2D eigenvalue weighted by atomic mass is 9.65. The monoisotopic (exact) mass is 239 g/mol. The van der Waals surface area contributed by atoms with Gasteiger partial charge in [0.15, 0.2) is 0 Å². The number of carbonyl (C=O) groups excluding carboxylic acids is 2. The number of nitrogens with zero attached hydrogens (tertiary/aromatic N) is 1. The average molecular weight is 239 g/mol. The number of imide groups is 1. The lowest BCUT2D eigenvalue weighted by Crippen LogP contribution is -2.38. The topological polar surface area (TPSA) is 37.4 Å². The van der Waals surface area contributed by atoms with Gasteiger partial charge in [0.1, 0.15) is 0 Å². The third kappa shape index (κ3) is 2.38. The van der Waals surface area contributed by atoms with E-state index < -0.39 is 0 Å². The zero-order valence-electron chi connectivity index (χ0n) is 12.1. The lowest BCUT2D eigenvalue weighted by Gasteiger charge is -2.35. The summed E-state index contributed by atoms with van der Waals surface area (Å²) in [6.07, 6.45) is 0. The third-order valence-electron chi connectivity index (χ3n) is 3.58. The van der Waals surface area contributed by atoms with Gasteiger partial charge in [0, 0.05) is 6.54 Å². The smallest absolute Gasteiger partial charge is 0.233 e. The Morgan fingerprint density at radius 1 is 0.882 bits per heavy atom. The van der Waals surface area contributed by atoms with E-state index in [0.29, 0.717) is 6.54 Å². The summed E-state index contributed by atoms with van der Waals surface area (Å²) < 4.78 is 0. The molecule has 0 aliphatic carbocycles. The van der Waals surface area contributed by atoms with E-state index in [1.165, 1.54) is 4.90 Å². The van der Waals surface area contributed by atoms with Crippen LogP contribution < -0.4 is 0 Å². The lowest BCUT2D eigenvalue weighted by molar-refractivity contribution is -0.140. The number of rotatable bonds is 1. The van der Waals surface area contributed by atoms with Crippen molar-refractivity contribution in [2.75, 3.05) is 6.54 Å². The summed E-state index contributed by atoms with van der Waals surface area (Å²) in [6, 6.07) is 0. The minimum absolute atomic E-state index is 0.00456. The van der Waals surface area contributed by atoms with Crippen molar-refractivity contribution in [1.29, 1.82) is 0 Å². The number of hydrogen-bond donors (Lipinski definition) is 0. The zero-order valence-corrected chi connectivity index (χ0v) is 12.1. The van der Waals surface area contributed by atoms with Crippen LogP contribution in [0.4, 0.5) is 0 Å². The number of amides is 2. The Hall–Kier alpha value is -0.860. The second-order valence-electron chi connectivity index (χ2n) is 7.11. The molecule has 2 unspecified atom stereocenters. The van der Waals surface area contributed by atoms with E-state index in [1.807, 2.05) is 48.5 Å². The van der Waals surface area contributed by atoms with E-state index in [-0.39, 0.29) is 34.5 Å². The molecular formula is C14H25NO2. The second-order valence-corrected chi connectivity index (χ2v) is 7.11. The molecule has 3 nitrogen and oxygen atoms in total. The van der Waals surface area contributed by atoms with Crippen molar-refractivity contribution in [1.82, 2.24) is 4.90 Å². The maximum absolute atomic E-state index is 12.4. The van der Waals surface area contributed by atoms with Gasteiger partial charge < -0.3 is 0 Å². The zero-order chi connectivity index (χ0) is 13.6. The van der Waals surface area contributed by atoms with E-state index in [2.05, 4.69) is 0 Å². The first-order valence-corrected chi connectivity index (χ1v) is 6.37. The maximum atomic E-state index is 12.4. The van der Waals surface area contributed by atoms with Gasteiger partial charge in [0.25, 0.3) is 0 Å². The first kappa shape index (κ1) is 14.2. The van der Waals surface area contributed by atoms with Gasteiger partial charge >= 0.3 is 0 Å². The van der Waals surface area contributed by atoms with Crippen LogP contribution in [0.1, 0.15) is 48.5 Å². The van der Waals surface area contributed by atoms with E-state index in [0.717, 1.165) is 0 Å². The van der Waals surface area contributed by atoms with Crippen molar-refractivity contribution in [3.05, 3.63) is 0 Å². The molecule has 17 heavy (non-hydrogen) atoms. The molecule has 0 N–H and O–H groups in total. The minimum Gasteiger partial charge on any atom is -0.282 e. The third-order valence-corrected chi connectivity index (χ3v) is 3.58. The molecular weight excluding hydrogens is 214 g/mol. The number of likely N-dealkylation sites (tertiary alicyclic amines) is 1. The average Bonchev–Trinajstić information content (AvgIpc) is 2.35. The highest BCUT2D eigenvalue weighted by atomic mass is 16.2. The van der Waals surface area contributed by atoms with Gasteiger partial charge in [-0.1, -0.05) is 41.5 Å². The fraction of sp³-hybridized carbons (Fsp3) is 0.857. The van der Waals surface area contributed by atoms with Crippen LogP contribution in [0.25, 0.3) is 0 Å². The molecule has 0 radical (unpaired) electrons. The summed E-state index contributed by atoms with van der Waals surface area (Å²) >= 11 is 0. The van der Waals surface area contributed by atoms with E-state index >= 15 is 0 Å². The Morgan fingerprint density at radius 3 is 1.35 bits per heavy atom. The summed E-state index contributed by atoms with van der Waals surface area (Å²) in [6.45, 7) is 14.6. The quantitative estimate of drug-likeness (QED) is 0.660. The molecule has 0 bridgehead atoms. The van der Waals surface area contributed by atoms with Crippen LogP contribution in [-0.4, -0.2) is 23.3 Å². The van der Waals surface area contributed by atoms with Crippen molar-refractivity contribution in [3.8, 4) is 0 Å². The minimum atomic E-state index is -0.199. The molecule has 0 saturated carbocycles. The van der Waals surface area contributed by atoms with Crippen LogP contribution in [0.2, 0.25) is 0 Å². The standard InChI is InChI=1S/C14H25NO2/c1-8-15-11(16)9(13(2,3)4)10(12(15)17)14(5,6)7/h9-10H,8H2,1-7H3. The highest BCUT2D eigenvalue weighted by Gasteiger charge is 2.55. The fourth-order valence-corrected chi connectivity index (χ4v) is 2.78. The fourth-order valence-electron chi connectivity index (χ4n) is 2.78. The largest absolute Gasteiger partial charge is 0.282 e. The molecule has 2 atom stereocenters. The Labute approximate surface area is 105 Å². The Bertz CT molecular complexity index is 301. The summed E-state index contributed by atoms with van der Waals surface area (Å²) in [4.78, 5) is 26.1. The van der Waals surface area contributed by atoms with E-state index in [4.69, 9.17) is 0 Å². The maximum Gasteiger partial charge on any atom is 0.233 e. The molecule has 0 spiro atoms. The van der Waals surface area contributed by atoms with Crippen LogP contribution in [0.5, 0.6) is 0 Å². The van der Waals surface area contributed by atoms with Crippen LogP contribution in [-0.2, 0) is 9.59 Å². The molecule has 1 saturated heterocycles. The normalized spacial score (nSPS) is 26.9. The molecule has 1 fully saturated rings. The SMILES string of the molecule is CCN1C(=O)C(C(C)(C)C)C(C(C)(C)C)C1=O. The van der Waals surface area contributed by atoms with Crippen LogP contribution in [0.3, 0.4) is 0 Å². The molecule has 1 aliphatic heterocycles. The van der Waals surface area contributed by atoms with Crippen LogP contribution in [0.15, 0.2) is 0 Å². The van der Waals surface area contributed by atoms with Crippen LogP contribution >= 0.6 is 0 Å². The number of carbonyl (C=O) groups is 2. The molecule has 0 aromatic rings. The Kier molecular flexibility index (Phi) is 3.43. The van der Waals surface area contributed by atoms with Gasteiger partial charge in [-0.25, -0.2) is 0 Å². The Morgan fingerprint density at radius 2 is 1.18 bits per heavy atom. The molecule has 0 aromatic carbocycles. The molecule has 1 rings (SSSR count). The van der Waals surface area contributed by atoms with Crippen LogP contribution in [0, 0.1) is 22.7 Å². The van der Waals surface area contributed by atoms with Crippen molar-refractivity contribution in [2.24, 2.45) is 22.7 Å². The molecule has 98 valence electrons. The van der Waals surface area contributed by atoms with Crippen molar-refractivity contribution in [3.63, 3.8) is 0 Å². The predicted octanol–water partition coefficient (Wildman–Crippen LogP) is 2.70. The predicted molar refractivity (Wildman–Crippen MR) is 68.3 cm³/mol. The van der Waals surface area contributed by atoms with Gasteiger partial charge in [-0.05, 0) is 17.8 Å². The van der Waals surface area contributed by atoms with Gasteiger partial charge in [-0.15, -0.1) is 0 Å². The van der Waals surface area contributed by atoms with Gasteiger partial charge in [0.05, 0.1) is 11.8 Å². The van der Waals surface area contributed by atoms with Gasteiger partial charge in [-0.2, -0.15) is 0 Å². The molecule has 3 heteroatoms. The molecule has 2 amide bonds. The van der Waals surface area contributed by atoms with Crippen molar-refractivity contribution < 1.29 is 9.59 Å². The van der Waals surface area contributed by atoms with Crippen molar-refractivity contribution >= 4 is 11.8 Å². The molecule has 0 aromatic heterocycles. The van der Waals surface area contributed by atoms with Gasteiger partial charge in [0.2, 0.25) is 11.8 Å². The summed E-state index contributed by atoms with van der Waals surface area (Å²) in [7, 11) is 0. The van der Waals surface area contributed by atoms with E-state index in [9.17, 15) is 9.59 Å².